The van der Waals surface area contributed by atoms with Crippen molar-refractivity contribution in [3.63, 3.8) is 0 Å². The Morgan fingerprint density at radius 2 is 1.72 bits per heavy atom. The van der Waals surface area contributed by atoms with Crippen LogP contribution in [0.15, 0.2) is 29.2 Å². The average molecular weight is 371 g/mol. The van der Waals surface area contributed by atoms with Crippen LogP contribution in [0.4, 0.5) is 4.79 Å². The van der Waals surface area contributed by atoms with Gasteiger partial charge in [0.2, 0.25) is 0 Å². The Kier molecular flexibility index (Phi) is 6.98. The highest BCUT2D eigenvalue weighted by atomic mass is 32.2. The van der Waals surface area contributed by atoms with Crippen molar-refractivity contribution in [1.82, 2.24) is 5.32 Å². The summed E-state index contributed by atoms with van der Waals surface area (Å²) in [6.45, 7) is 6.75. The molecule has 0 aliphatic rings. The number of amides is 1. The van der Waals surface area contributed by atoms with Gasteiger partial charge in [-0.25, -0.2) is 13.2 Å². The minimum Gasteiger partial charge on any atom is -0.469 e. The third kappa shape index (κ3) is 6.74. The zero-order valence-corrected chi connectivity index (χ0v) is 16.0. The molecular weight excluding hydrogens is 346 g/mol. The van der Waals surface area contributed by atoms with E-state index in [9.17, 15) is 18.0 Å². The van der Waals surface area contributed by atoms with E-state index in [1.807, 2.05) is 0 Å². The molecule has 0 aliphatic carbocycles. The molecule has 0 heterocycles. The van der Waals surface area contributed by atoms with Gasteiger partial charge in [-0.2, -0.15) is 0 Å². The summed E-state index contributed by atoms with van der Waals surface area (Å²) in [5.74, 6) is -0.514. The Hall–Kier alpha value is -2.09. The van der Waals surface area contributed by atoms with Crippen LogP contribution in [-0.4, -0.2) is 38.9 Å². The van der Waals surface area contributed by atoms with Gasteiger partial charge >= 0.3 is 12.1 Å². The van der Waals surface area contributed by atoms with E-state index in [2.05, 4.69) is 10.1 Å². The van der Waals surface area contributed by atoms with Crippen LogP contribution in [0.5, 0.6) is 0 Å². The van der Waals surface area contributed by atoms with Crippen LogP contribution >= 0.6 is 0 Å². The topological polar surface area (TPSA) is 98.8 Å². The van der Waals surface area contributed by atoms with Gasteiger partial charge in [-0.05, 0) is 38.5 Å². The zero-order chi connectivity index (χ0) is 19.3. The molecule has 1 atom stereocenters. The first kappa shape index (κ1) is 21.0. The maximum atomic E-state index is 12.0. The van der Waals surface area contributed by atoms with Crippen LogP contribution in [0, 0.1) is 0 Å². The molecular formula is C17H25NO6S. The molecule has 0 saturated heterocycles. The van der Waals surface area contributed by atoms with Crippen molar-refractivity contribution >= 4 is 21.9 Å². The molecule has 1 aromatic carbocycles. The molecule has 0 radical (unpaired) electrons. The Morgan fingerprint density at radius 1 is 1.16 bits per heavy atom. The van der Waals surface area contributed by atoms with Crippen molar-refractivity contribution in [3.05, 3.63) is 29.8 Å². The first-order chi connectivity index (χ1) is 11.5. The van der Waals surface area contributed by atoms with Crippen LogP contribution in [0.3, 0.4) is 0 Å². The number of hydrogen-bond acceptors (Lipinski definition) is 6. The average Bonchev–Trinajstić information content (AvgIpc) is 2.52. The highest BCUT2D eigenvalue weighted by molar-refractivity contribution is 7.91. The highest BCUT2D eigenvalue weighted by Crippen LogP contribution is 2.21. The molecule has 0 fully saturated rings. The fourth-order valence-corrected chi connectivity index (χ4v) is 2.91. The van der Waals surface area contributed by atoms with Crippen molar-refractivity contribution in [3.8, 4) is 0 Å². The SMILES string of the molecule is CCS(=O)(=O)c1ccc([C@H](CC(=O)OC)NC(=O)OC(C)(C)C)cc1. The maximum Gasteiger partial charge on any atom is 0.408 e. The van der Waals surface area contributed by atoms with Crippen LogP contribution < -0.4 is 5.32 Å². The normalized spacial score (nSPS) is 13.0. The summed E-state index contributed by atoms with van der Waals surface area (Å²) in [6.07, 6.45) is -0.776. The number of carbonyl (C=O) groups excluding carboxylic acids is 2. The van der Waals surface area contributed by atoms with E-state index >= 15 is 0 Å². The molecule has 140 valence electrons. The highest BCUT2D eigenvalue weighted by Gasteiger charge is 2.23. The minimum atomic E-state index is -3.32. The standard InChI is InChI=1S/C17H25NO6S/c1-6-25(21,22)13-9-7-12(8-10-13)14(11-15(19)23-5)18-16(20)24-17(2,3)4/h7-10,14H,6,11H2,1-5H3,(H,18,20)/t14-/m0/s1. The molecule has 0 saturated carbocycles. The first-order valence-electron chi connectivity index (χ1n) is 7.87. The van der Waals surface area contributed by atoms with E-state index in [-0.39, 0.29) is 17.1 Å². The van der Waals surface area contributed by atoms with E-state index in [0.29, 0.717) is 5.56 Å². The molecule has 1 N–H and O–H groups in total. The summed E-state index contributed by atoms with van der Waals surface area (Å²) in [4.78, 5) is 23.8. The van der Waals surface area contributed by atoms with Gasteiger partial charge in [0.25, 0.3) is 0 Å². The molecule has 8 heteroatoms. The van der Waals surface area contributed by atoms with Crippen molar-refractivity contribution in [2.24, 2.45) is 0 Å². The van der Waals surface area contributed by atoms with Gasteiger partial charge in [-0.15, -0.1) is 0 Å². The molecule has 25 heavy (non-hydrogen) atoms. The smallest absolute Gasteiger partial charge is 0.408 e. The molecule has 1 aromatic rings. The molecule has 1 amide bonds. The number of methoxy groups -OCH3 is 1. The van der Waals surface area contributed by atoms with Crippen LogP contribution in [0.2, 0.25) is 0 Å². The number of sulfone groups is 1. The van der Waals surface area contributed by atoms with Crippen molar-refractivity contribution in [2.45, 2.75) is 50.7 Å². The van der Waals surface area contributed by atoms with Crippen molar-refractivity contribution in [2.75, 3.05) is 12.9 Å². The van der Waals surface area contributed by atoms with Crippen LogP contribution in [0.25, 0.3) is 0 Å². The summed E-state index contributed by atoms with van der Waals surface area (Å²) >= 11 is 0. The number of alkyl carbamates (subject to hydrolysis) is 1. The van der Waals surface area contributed by atoms with Crippen molar-refractivity contribution < 1.29 is 27.5 Å². The lowest BCUT2D eigenvalue weighted by atomic mass is 10.0. The molecule has 7 nitrogen and oxygen atoms in total. The Labute approximate surface area is 148 Å². The van der Waals surface area contributed by atoms with Gasteiger partial charge in [0.15, 0.2) is 9.84 Å². The third-order valence-electron chi connectivity index (χ3n) is 3.31. The molecule has 0 aromatic heterocycles. The second-order valence-corrected chi connectivity index (χ2v) is 8.73. The third-order valence-corrected chi connectivity index (χ3v) is 5.06. The quantitative estimate of drug-likeness (QED) is 0.772. The number of nitrogens with one attached hydrogen (secondary N) is 1. The van der Waals surface area contributed by atoms with Gasteiger partial charge in [-0.1, -0.05) is 19.1 Å². The molecule has 1 rings (SSSR count). The number of hydrogen-bond donors (Lipinski definition) is 1. The van der Waals surface area contributed by atoms with Crippen LogP contribution in [-0.2, 0) is 24.1 Å². The van der Waals surface area contributed by atoms with Crippen LogP contribution in [0.1, 0.15) is 45.7 Å². The number of esters is 1. The van der Waals surface area contributed by atoms with Crippen molar-refractivity contribution in [1.29, 1.82) is 0 Å². The van der Waals surface area contributed by atoms with E-state index in [1.54, 1.807) is 39.8 Å². The largest absolute Gasteiger partial charge is 0.469 e. The number of benzene rings is 1. The van der Waals surface area contributed by atoms with Gasteiger partial charge in [0.1, 0.15) is 5.60 Å². The lowest BCUT2D eigenvalue weighted by molar-refractivity contribution is -0.141. The second kappa shape index (κ2) is 8.33. The van der Waals surface area contributed by atoms with E-state index < -0.39 is 33.5 Å². The molecule has 0 unspecified atom stereocenters. The van der Waals surface area contributed by atoms with E-state index in [4.69, 9.17) is 4.74 Å². The summed E-state index contributed by atoms with van der Waals surface area (Å²) in [5.41, 5.74) is -0.106. The predicted octanol–water partition coefficient (Wildman–Crippen LogP) is 2.61. The predicted molar refractivity (Wildman–Crippen MR) is 92.9 cm³/mol. The van der Waals surface area contributed by atoms with Gasteiger partial charge in [0, 0.05) is 0 Å². The van der Waals surface area contributed by atoms with Gasteiger partial charge in [0.05, 0.1) is 30.2 Å². The zero-order valence-electron chi connectivity index (χ0n) is 15.2. The Morgan fingerprint density at radius 3 is 2.16 bits per heavy atom. The fraction of sp³-hybridized carbons (Fsp3) is 0.529. The lowest BCUT2D eigenvalue weighted by Gasteiger charge is -2.23. The minimum absolute atomic E-state index is 0.00586. The monoisotopic (exact) mass is 371 g/mol. The molecule has 0 aliphatic heterocycles. The summed E-state index contributed by atoms with van der Waals surface area (Å²) < 4.78 is 33.6. The van der Waals surface area contributed by atoms with E-state index in [1.165, 1.54) is 19.2 Å². The fourth-order valence-electron chi connectivity index (χ4n) is 2.03. The molecule has 0 bridgehead atoms. The Balaban J connectivity index is 3.03. The summed E-state index contributed by atoms with van der Waals surface area (Å²) in [6, 6.07) is 5.34. The van der Waals surface area contributed by atoms with E-state index in [0.717, 1.165) is 0 Å². The second-order valence-electron chi connectivity index (χ2n) is 6.45. The lowest BCUT2D eigenvalue weighted by Crippen LogP contribution is -2.36. The summed E-state index contributed by atoms with van der Waals surface area (Å²) in [5, 5.41) is 2.62. The number of carbonyl (C=O) groups is 2. The summed E-state index contributed by atoms with van der Waals surface area (Å²) in [7, 11) is -2.07. The first-order valence-corrected chi connectivity index (χ1v) is 9.52. The Bertz CT molecular complexity index is 704. The maximum absolute atomic E-state index is 12.0. The van der Waals surface area contributed by atoms with Gasteiger partial charge in [-0.3, -0.25) is 4.79 Å². The number of rotatable bonds is 6. The van der Waals surface area contributed by atoms with Gasteiger partial charge < -0.3 is 14.8 Å². The number of ether oxygens (including phenoxy) is 2. The molecule has 0 spiro atoms.